The maximum Gasteiger partial charge on any atom is 0.291 e. The molecular weight excluding hydrogens is 399 g/mol. The molecule has 0 fully saturated rings. The minimum Gasteiger partial charge on any atom is -0.493 e. The molecule has 0 aliphatic carbocycles. The molecule has 0 spiro atoms. The van der Waals surface area contributed by atoms with Gasteiger partial charge in [0.2, 0.25) is 0 Å². The van der Waals surface area contributed by atoms with Crippen LogP contribution >= 0.6 is 34.8 Å². The number of carbonyl (C=O) groups is 1. The van der Waals surface area contributed by atoms with Gasteiger partial charge in [-0.05, 0) is 23.6 Å². The van der Waals surface area contributed by atoms with Gasteiger partial charge in [0.25, 0.3) is 5.91 Å². The van der Waals surface area contributed by atoms with Gasteiger partial charge in [-0.2, -0.15) is 5.10 Å². The van der Waals surface area contributed by atoms with Crippen molar-refractivity contribution < 1.29 is 9.53 Å². The molecule has 9 heteroatoms. The summed E-state index contributed by atoms with van der Waals surface area (Å²) in [5, 5.41) is 3.68. The number of carbonyl (C=O) groups excluding carboxylic acids is 1. The Morgan fingerprint density at radius 3 is 2.77 bits per heavy atom. The molecule has 1 aromatic carbocycles. The van der Waals surface area contributed by atoms with Crippen LogP contribution in [0.25, 0.3) is 0 Å². The summed E-state index contributed by atoms with van der Waals surface area (Å²) in [6.45, 7) is 4.74. The molecule has 0 aliphatic rings. The van der Waals surface area contributed by atoms with Crippen molar-refractivity contribution in [3.63, 3.8) is 0 Å². The first-order valence-corrected chi connectivity index (χ1v) is 8.79. The zero-order valence-electron chi connectivity index (χ0n) is 14.1. The van der Waals surface area contributed by atoms with E-state index in [2.05, 4.69) is 29.4 Å². The minimum absolute atomic E-state index is 0.00469. The van der Waals surface area contributed by atoms with E-state index in [1.165, 1.54) is 6.21 Å². The van der Waals surface area contributed by atoms with Crippen LogP contribution < -0.4 is 15.9 Å². The summed E-state index contributed by atoms with van der Waals surface area (Å²) in [4.78, 5) is 16.0. The maximum atomic E-state index is 12.2. The average Bonchev–Trinajstić information content (AvgIpc) is 2.61. The Balaban J connectivity index is 2.07. The van der Waals surface area contributed by atoms with E-state index >= 15 is 0 Å². The number of hydrogen-bond donors (Lipinski definition) is 2. The Labute approximate surface area is 166 Å². The molecule has 0 atom stereocenters. The number of hydrogen-bond acceptors (Lipinski definition) is 5. The van der Waals surface area contributed by atoms with E-state index in [1.54, 1.807) is 6.07 Å². The molecule has 138 valence electrons. The molecule has 1 aromatic heterocycles. The van der Waals surface area contributed by atoms with Crippen molar-refractivity contribution in [3.05, 3.63) is 50.7 Å². The Morgan fingerprint density at radius 1 is 1.35 bits per heavy atom. The van der Waals surface area contributed by atoms with Gasteiger partial charge in [-0.15, -0.1) is 0 Å². The van der Waals surface area contributed by atoms with Crippen LogP contribution in [0.5, 0.6) is 5.75 Å². The third kappa shape index (κ3) is 5.24. The number of benzene rings is 1. The number of rotatable bonds is 6. The standard InChI is InChI=1S/C17H17Cl3N4O2/c1-9(2)8-26-11-5-3-4-10(6-11)7-22-24-17(25)15-12(18)14(21)13(19)16(20)23-15/h3-7,9H,8H2,1-2H3,(H2,21,23)(H,24,25)/b22-7+. The summed E-state index contributed by atoms with van der Waals surface area (Å²) in [7, 11) is 0. The normalized spacial score (nSPS) is 11.2. The molecule has 0 aliphatic heterocycles. The lowest BCUT2D eigenvalue weighted by Crippen LogP contribution is -2.20. The molecule has 2 aromatic rings. The number of nitrogens with two attached hydrogens (primary N) is 1. The second-order valence-corrected chi connectivity index (χ2v) is 6.88. The van der Waals surface area contributed by atoms with Gasteiger partial charge >= 0.3 is 0 Å². The van der Waals surface area contributed by atoms with E-state index < -0.39 is 5.91 Å². The van der Waals surface area contributed by atoms with Gasteiger partial charge in [-0.25, -0.2) is 10.4 Å². The molecule has 6 nitrogen and oxygen atoms in total. The van der Waals surface area contributed by atoms with E-state index in [9.17, 15) is 4.79 Å². The minimum atomic E-state index is -0.663. The van der Waals surface area contributed by atoms with Crippen molar-refractivity contribution >= 4 is 52.6 Å². The summed E-state index contributed by atoms with van der Waals surface area (Å²) in [6, 6.07) is 7.30. The van der Waals surface area contributed by atoms with Crippen molar-refractivity contribution in [2.24, 2.45) is 11.0 Å². The first kappa shape index (κ1) is 20.3. The highest BCUT2D eigenvalue weighted by Crippen LogP contribution is 2.34. The van der Waals surface area contributed by atoms with Crippen LogP contribution in [0.1, 0.15) is 29.9 Å². The maximum absolute atomic E-state index is 12.2. The number of nitrogen functional groups attached to an aromatic ring is 1. The van der Waals surface area contributed by atoms with Crippen LogP contribution in [-0.2, 0) is 0 Å². The van der Waals surface area contributed by atoms with E-state index in [1.807, 2.05) is 18.2 Å². The number of nitrogens with zero attached hydrogens (tertiary/aromatic N) is 2. The second-order valence-electron chi connectivity index (χ2n) is 5.77. The molecule has 1 heterocycles. The monoisotopic (exact) mass is 414 g/mol. The Kier molecular flexibility index (Phi) is 7.08. The lowest BCUT2D eigenvalue weighted by Gasteiger charge is -2.09. The smallest absolute Gasteiger partial charge is 0.291 e. The predicted octanol–water partition coefficient (Wildman–Crippen LogP) is 4.42. The van der Waals surface area contributed by atoms with Crippen molar-refractivity contribution in [1.82, 2.24) is 10.4 Å². The van der Waals surface area contributed by atoms with Gasteiger partial charge in [0.1, 0.15) is 10.8 Å². The highest BCUT2D eigenvalue weighted by molar-refractivity contribution is 6.46. The van der Waals surface area contributed by atoms with Gasteiger partial charge in [0, 0.05) is 0 Å². The molecular formula is C17H17Cl3N4O2. The zero-order chi connectivity index (χ0) is 19.3. The Morgan fingerprint density at radius 2 is 2.08 bits per heavy atom. The van der Waals surface area contributed by atoms with Crippen LogP contribution in [0.3, 0.4) is 0 Å². The van der Waals surface area contributed by atoms with Crippen LogP contribution in [0, 0.1) is 5.92 Å². The van der Waals surface area contributed by atoms with E-state index in [4.69, 9.17) is 45.3 Å². The first-order chi connectivity index (χ1) is 12.3. The molecule has 0 radical (unpaired) electrons. The van der Waals surface area contributed by atoms with Gasteiger partial charge in [0.15, 0.2) is 10.8 Å². The third-order valence-corrected chi connectivity index (χ3v) is 4.24. The number of halogens is 3. The fourth-order valence-electron chi connectivity index (χ4n) is 1.85. The Hall–Kier alpha value is -2.02. The van der Waals surface area contributed by atoms with Crippen LogP contribution in [0.15, 0.2) is 29.4 Å². The van der Waals surface area contributed by atoms with Crippen molar-refractivity contribution in [2.45, 2.75) is 13.8 Å². The van der Waals surface area contributed by atoms with E-state index in [0.717, 1.165) is 11.3 Å². The number of nitrogens with one attached hydrogen (secondary N) is 1. The lowest BCUT2D eigenvalue weighted by atomic mass is 10.2. The molecule has 3 N–H and O–H groups in total. The molecule has 1 amide bonds. The van der Waals surface area contributed by atoms with Crippen LogP contribution in [0.2, 0.25) is 15.2 Å². The number of anilines is 1. The topological polar surface area (TPSA) is 89.6 Å². The average molecular weight is 416 g/mol. The molecule has 0 unspecified atom stereocenters. The largest absolute Gasteiger partial charge is 0.493 e. The van der Waals surface area contributed by atoms with E-state index in [0.29, 0.717) is 12.5 Å². The van der Waals surface area contributed by atoms with Crippen LogP contribution in [-0.4, -0.2) is 23.7 Å². The number of aromatic nitrogens is 1. The first-order valence-electron chi connectivity index (χ1n) is 7.65. The van der Waals surface area contributed by atoms with E-state index in [-0.39, 0.29) is 26.6 Å². The lowest BCUT2D eigenvalue weighted by molar-refractivity contribution is 0.0950. The van der Waals surface area contributed by atoms with Gasteiger partial charge in [-0.1, -0.05) is 60.8 Å². The quantitative estimate of drug-likeness (QED) is 0.415. The zero-order valence-corrected chi connectivity index (χ0v) is 16.4. The van der Waals surface area contributed by atoms with Crippen molar-refractivity contribution in [1.29, 1.82) is 0 Å². The summed E-state index contributed by atoms with van der Waals surface area (Å²) >= 11 is 17.6. The molecule has 26 heavy (non-hydrogen) atoms. The number of ether oxygens (including phenoxy) is 1. The summed E-state index contributed by atoms with van der Waals surface area (Å²) in [5.41, 5.74) is 8.57. The summed E-state index contributed by atoms with van der Waals surface area (Å²) in [6.07, 6.45) is 1.47. The van der Waals surface area contributed by atoms with Gasteiger partial charge < -0.3 is 10.5 Å². The van der Waals surface area contributed by atoms with Crippen LogP contribution in [0.4, 0.5) is 5.69 Å². The van der Waals surface area contributed by atoms with Gasteiger partial charge in [-0.3, -0.25) is 4.79 Å². The fraction of sp³-hybridized carbons (Fsp3) is 0.235. The second kappa shape index (κ2) is 9.07. The SMILES string of the molecule is CC(C)COc1cccc(/C=N/NC(=O)c2nc(Cl)c(Cl)c(N)c2Cl)c1. The summed E-state index contributed by atoms with van der Waals surface area (Å²) < 4.78 is 5.64. The highest BCUT2D eigenvalue weighted by Gasteiger charge is 2.19. The third-order valence-electron chi connectivity index (χ3n) is 3.11. The Bertz CT molecular complexity index is 841. The number of pyridine rings is 1. The van der Waals surface area contributed by atoms with Crippen molar-refractivity contribution in [2.75, 3.05) is 12.3 Å². The highest BCUT2D eigenvalue weighted by atomic mass is 35.5. The summed E-state index contributed by atoms with van der Waals surface area (Å²) in [5.74, 6) is 0.474. The molecule has 0 saturated carbocycles. The molecule has 0 saturated heterocycles. The molecule has 0 bridgehead atoms. The van der Waals surface area contributed by atoms with Crippen molar-refractivity contribution in [3.8, 4) is 5.75 Å². The fourth-order valence-corrected chi connectivity index (χ4v) is 2.44. The predicted molar refractivity (Wildman–Crippen MR) is 106 cm³/mol. The van der Waals surface area contributed by atoms with Gasteiger partial charge in [0.05, 0.1) is 23.5 Å². The number of hydrazone groups is 1. The number of amides is 1. The molecule has 2 rings (SSSR count).